The maximum atomic E-state index is 13.3. The maximum absolute atomic E-state index is 13.3. The first kappa shape index (κ1) is 27.0. The molecule has 0 spiro atoms. The minimum atomic E-state index is -3.72. The number of nitrogens with one attached hydrogen (secondary N) is 2. The lowest BCUT2D eigenvalue weighted by Crippen LogP contribution is -2.46. The van der Waals surface area contributed by atoms with Gasteiger partial charge in [0.1, 0.15) is 11.9 Å². The number of carbonyl (C=O) groups is 2. The van der Waals surface area contributed by atoms with Crippen LogP contribution in [-0.4, -0.2) is 43.8 Å². The minimum absolute atomic E-state index is 0.0693. The number of benzene rings is 3. The molecule has 36 heavy (non-hydrogen) atoms. The monoisotopic (exact) mass is 511 g/mol. The molecular formula is C27H30FN3O4S. The van der Waals surface area contributed by atoms with E-state index in [1.54, 1.807) is 20.8 Å². The number of likely N-dealkylation sites (N-methyl/N-ethyl adjacent to an activating group) is 1. The molecule has 0 fully saturated rings. The minimum Gasteiger partial charge on any atom is -0.329 e. The number of halogens is 1. The van der Waals surface area contributed by atoms with Crippen molar-refractivity contribution < 1.29 is 22.4 Å². The van der Waals surface area contributed by atoms with Crippen LogP contribution in [0.1, 0.15) is 36.7 Å². The Hall–Kier alpha value is -3.56. The first-order valence-corrected chi connectivity index (χ1v) is 12.9. The molecule has 3 rings (SSSR count). The first-order chi connectivity index (χ1) is 16.9. The molecule has 2 amide bonds. The fourth-order valence-corrected chi connectivity index (χ4v) is 5.00. The second-order valence-corrected chi connectivity index (χ2v) is 11.2. The van der Waals surface area contributed by atoms with E-state index >= 15 is 0 Å². The van der Waals surface area contributed by atoms with E-state index in [4.69, 9.17) is 0 Å². The van der Waals surface area contributed by atoms with Gasteiger partial charge in [0.15, 0.2) is 0 Å². The fraction of sp³-hybridized carbons (Fsp3) is 0.259. The number of hydrogen-bond donors (Lipinski definition) is 2. The molecule has 0 saturated carbocycles. The second kappa shape index (κ2) is 11.0. The van der Waals surface area contributed by atoms with E-state index in [0.29, 0.717) is 5.69 Å². The van der Waals surface area contributed by atoms with Crippen LogP contribution in [0.4, 0.5) is 10.1 Å². The van der Waals surface area contributed by atoms with Gasteiger partial charge in [-0.15, -0.1) is 0 Å². The van der Waals surface area contributed by atoms with Gasteiger partial charge in [-0.1, -0.05) is 30.3 Å². The Morgan fingerprint density at radius 1 is 0.917 bits per heavy atom. The lowest BCUT2D eigenvalue weighted by molar-refractivity contribution is -0.120. The van der Waals surface area contributed by atoms with Gasteiger partial charge < -0.3 is 10.2 Å². The maximum Gasteiger partial charge on any atom is 0.254 e. The average molecular weight is 512 g/mol. The van der Waals surface area contributed by atoms with Crippen molar-refractivity contribution in [1.82, 2.24) is 9.62 Å². The zero-order chi connectivity index (χ0) is 26.5. The van der Waals surface area contributed by atoms with Crippen molar-refractivity contribution in [3.05, 3.63) is 95.8 Å². The van der Waals surface area contributed by atoms with Gasteiger partial charge in [0.25, 0.3) is 5.91 Å². The molecule has 7 nitrogen and oxygen atoms in total. The summed E-state index contributed by atoms with van der Waals surface area (Å²) in [6.45, 7) is 5.24. The smallest absolute Gasteiger partial charge is 0.254 e. The highest BCUT2D eigenvalue weighted by Crippen LogP contribution is 2.19. The van der Waals surface area contributed by atoms with E-state index in [-0.39, 0.29) is 16.9 Å². The SMILES string of the molecule is CN(C(=O)c1ccc(F)cc1)[C@@H](Cc1ccccc1)C(=O)Nc1ccc(S(=O)(=O)NC(C)(C)C)cc1. The van der Waals surface area contributed by atoms with Crippen LogP contribution >= 0.6 is 0 Å². The molecule has 190 valence electrons. The van der Waals surface area contributed by atoms with E-state index in [2.05, 4.69) is 10.0 Å². The summed E-state index contributed by atoms with van der Waals surface area (Å²) in [5.74, 6) is -1.34. The third-order valence-corrected chi connectivity index (χ3v) is 7.10. The number of rotatable bonds is 8. The van der Waals surface area contributed by atoms with E-state index < -0.39 is 39.2 Å². The summed E-state index contributed by atoms with van der Waals surface area (Å²) in [6.07, 6.45) is 0.248. The molecule has 0 heterocycles. The molecule has 0 bridgehead atoms. The molecule has 3 aromatic rings. The zero-order valence-electron chi connectivity index (χ0n) is 20.7. The number of nitrogens with zero attached hydrogens (tertiary/aromatic N) is 1. The highest BCUT2D eigenvalue weighted by atomic mass is 32.2. The summed E-state index contributed by atoms with van der Waals surface area (Å²) in [7, 11) is -2.20. The van der Waals surface area contributed by atoms with Crippen LogP contribution in [0.3, 0.4) is 0 Å². The predicted octanol–water partition coefficient (Wildman–Crippen LogP) is 4.22. The predicted molar refractivity (Wildman–Crippen MR) is 138 cm³/mol. The van der Waals surface area contributed by atoms with Crippen molar-refractivity contribution in [3.63, 3.8) is 0 Å². The number of carbonyl (C=O) groups excluding carboxylic acids is 2. The summed E-state index contributed by atoms with van der Waals surface area (Å²) in [6, 6.07) is 19.3. The van der Waals surface area contributed by atoms with Gasteiger partial charge in [-0.05, 0) is 74.9 Å². The van der Waals surface area contributed by atoms with Crippen LogP contribution in [0.15, 0.2) is 83.8 Å². The average Bonchev–Trinajstić information content (AvgIpc) is 2.81. The van der Waals surface area contributed by atoms with Crippen LogP contribution in [0.5, 0.6) is 0 Å². The Labute approximate surface area is 211 Å². The lowest BCUT2D eigenvalue weighted by Gasteiger charge is -2.28. The summed E-state index contributed by atoms with van der Waals surface area (Å²) in [5.41, 5.74) is 0.852. The van der Waals surface area contributed by atoms with Crippen LogP contribution in [0.25, 0.3) is 0 Å². The standard InChI is InChI=1S/C27H30FN3O4S/c1-27(2,3)30-36(34,35)23-16-14-22(15-17-23)29-25(32)24(18-19-8-6-5-7-9-19)31(4)26(33)20-10-12-21(28)13-11-20/h5-17,24,30H,18H2,1-4H3,(H,29,32)/t24-/m0/s1. The van der Waals surface area contributed by atoms with Crippen molar-refractivity contribution in [1.29, 1.82) is 0 Å². The molecule has 1 atom stereocenters. The van der Waals surface area contributed by atoms with E-state index in [9.17, 15) is 22.4 Å². The van der Waals surface area contributed by atoms with Gasteiger partial charge in [0.2, 0.25) is 15.9 Å². The van der Waals surface area contributed by atoms with Gasteiger partial charge in [-0.2, -0.15) is 0 Å². The fourth-order valence-electron chi connectivity index (χ4n) is 3.59. The van der Waals surface area contributed by atoms with Gasteiger partial charge in [0.05, 0.1) is 4.90 Å². The molecule has 0 unspecified atom stereocenters. The van der Waals surface area contributed by atoms with Crippen molar-refractivity contribution >= 4 is 27.5 Å². The molecule has 3 aromatic carbocycles. The Morgan fingerprint density at radius 3 is 2.06 bits per heavy atom. The van der Waals surface area contributed by atoms with Gasteiger partial charge in [0, 0.05) is 30.3 Å². The quantitative estimate of drug-likeness (QED) is 0.473. The van der Waals surface area contributed by atoms with Crippen LogP contribution in [0, 0.1) is 5.82 Å². The van der Waals surface area contributed by atoms with E-state index in [1.807, 2.05) is 30.3 Å². The molecule has 0 aliphatic carbocycles. The van der Waals surface area contributed by atoms with Crippen LogP contribution in [0.2, 0.25) is 0 Å². The molecule has 0 radical (unpaired) electrons. The lowest BCUT2D eigenvalue weighted by atomic mass is 10.0. The number of anilines is 1. The summed E-state index contributed by atoms with van der Waals surface area (Å²) in [4.78, 5) is 27.8. The highest BCUT2D eigenvalue weighted by Gasteiger charge is 2.28. The highest BCUT2D eigenvalue weighted by molar-refractivity contribution is 7.89. The normalized spacial score (nSPS) is 12.6. The van der Waals surface area contributed by atoms with Crippen LogP contribution in [-0.2, 0) is 21.2 Å². The molecule has 9 heteroatoms. The summed E-state index contributed by atoms with van der Waals surface area (Å²) in [5, 5.41) is 2.78. The van der Waals surface area contributed by atoms with Crippen molar-refractivity contribution in [2.45, 2.75) is 43.7 Å². The molecule has 2 N–H and O–H groups in total. The van der Waals surface area contributed by atoms with Gasteiger partial charge in [-0.3, -0.25) is 9.59 Å². The third kappa shape index (κ3) is 7.22. The largest absolute Gasteiger partial charge is 0.329 e. The van der Waals surface area contributed by atoms with Crippen LogP contribution < -0.4 is 10.0 Å². The number of amides is 2. The van der Waals surface area contributed by atoms with Crippen molar-refractivity contribution in [3.8, 4) is 0 Å². The topological polar surface area (TPSA) is 95.6 Å². The molecule has 0 aromatic heterocycles. The number of hydrogen-bond acceptors (Lipinski definition) is 4. The Morgan fingerprint density at radius 2 is 1.50 bits per heavy atom. The van der Waals surface area contributed by atoms with Gasteiger partial charge in [-0.25, -0.2) is 17.5 Å². The van der Waals surface area contributed by atoms with E-state index in [1.165, 1.54) is 60.5 Å². The third-order valence-electron chi connectivity index (χ3n) is 5.33. The van der Waals surface area contributed by atoms with E-state index in [0.717, 1.165) is 5.56 Å². The number of sulfonamides is 1. The summed E-state index contributed by atoms with van der Waals surface area (Å²) < 4.78 is 41.0. The Kier molecular flexibility index (Phi) is 8.27. The molecule has 0 aliphatic heterocycles. The zero-order valence-corrected chi connectivity index (χ0v) is 21.5. The van der Waals surface area contributed by atoms with Crippen molar-refractivity contribution in [2.24, 2.45) is 0 Å². The molecule has 0 aliphatic rings. The Bertz CT molecular complexity index is 1300. The van der Waals surface area contributed by atoms with Crippen molar-refractivity contribution in [2.75, 3.05) is 12.4 Å². The first-order valence-electron chi connectivity index (χ1n) is 11.4. The molecule has 0 saturated heterocycles. The van der Waals surface area contributed by atoms with Gasteiger partial charge >= 0.3 is 0 Å². The molecular weight excluding hydrogens is 481 g/mol. The second-order valence-electron chi connectivity index (χ2n) is 9.50. The summed E-state index contributed by atoms with van der Waals surface area (Å²) >= 11 is 0. The Balaban J connectivity index is 1.82.